The molecular formula is C14H17BrN2. The molecule has 1 aromatic heterocycles. The highest BCUT2D eigenvalue weighted by atomic mass is 79.9. The summed E-state index contributed by atoms with van der Waals surface area (Å²) in [6.07, 6.45) is 3.80. The SMILES string of the molecule is CNCC1CCCc2[nH]c3cc(Br)ccc3c21. The lowest BCUT2D eigenvalue weighted by Crippen LogP contribution is -2.20. The maximum atomic E-state index is 3.59. The summed E-state index contributed by atoms with van der Waals surface area (Å²) >= 11 is 3.54. The van der Waals surface area contributed by atoms with Crippen LogP contribution in [0.2, 0.25) is 0 Å². The number of rotatable bonds is 2. The molecule has 90 valence electrons. The minimum absolute atomic E-state index is 0.665. The van der Waals surface area contributed by atoms with Crippen molar-refractivity contribution in [3.8, 4) is 0 Å². The molecule has 1 aromatic carbocycles. The van der Waals surface area contributed by atoms with Gasteiger partial charge in [0.1, 0.15) is 0 Å². The molecule has 1 atom stereocenters. The summed E-state index contributed by atoms with van der Waals surface area (Å²) in [5, 5.41) is 4.73. The van der Waals surface area contributed by atoms with Crippen LogP contribution in [0.5, 0.6) is 0 Å². The Kier molecular flexibility index (Phi) is 2.97. The molecule has 1 aliphatic carbocycles. The molecule has 1 heterocycles. The Hall–Kier alpha value is -0.800. The van der Waals surface area contributed by atoms with E-state index in [9.17, 15) is 0 Å². The average molecular weight is 293 g/mol. The minimum Gasteiger partial charge on any atom is -0.358 e. The first kappa shape index (κ1) is 11.3. The van der Waals surface area contributed by atoms with Crippen molar-refractivity contribution in [3.05, 3.63) is 33.9 Å². The quantitative estimate of drug-likeness (QED) is 0.870. The Morgan fingerprint density at radius 1 is 1.47 bits per heavy atom. The van der Waals surface area contributed by atoms with Crippen LogP contribution in [0.3, 0.4) is 0 Å². The van der Waals surface area contributed by atoms with Gasteiger partial charge in [-0.05, 0) is 49.9 Å². The topological polar surface area (TPSA) is 27.8 Å². The van der Waals surface area contributed by atoms with E-state index in [4.69, 9.17) is 0 Å². The second-order valence-electron chi connectivity index (χ2n) is 4.85. The first-order valence-electron chi connectivity index (χ1n) is 6.24. The molecule has 1 unspecified atom stereocenters. The second-order valence-corrected chi connectivity index (χ2v) is 5.77. The van der Waals surface area contributed by atoms with E-state index in [2.05, 4.69) is 44.4 Å². The molecule has 0 amide bonds. The zero-order chi connectivity index (χ0) is 11.8. The number of likely N-dealkylation sites (N-methyl/N-ethyl adjacent to an activating group) is 1. The molecule has 17 heavy (non-hydrogen) atoms. The fourth-order valence-electron chi connectivity index (χ4n) is 3.03. The summed E-state index contributed by atoms with van der Waals surface area (Å²) in [6, 6.07) is 6.56. The monoisotopic (exact) mass is 292 g/mol. The van der Waals surface area contributed by atoms with E-state index in [1.165, 1.54) is 35.9 Å². The third-order valence-corrected chi connectivity index (χ3v) is 4.21. The molecule has 0 bridgehead atoms. The smallest absolute Gasteiger partial charge is 0.0470 e. The first-order chi connectivity index (χ1) is 8.29. The maximum Gasteiger partial charge on any atom is 0.0470 e. The molecule has 0 aliphatic heterocycles. The minimum atomic E-state index is 0.665. The number of halogens is 1. The normalized spacial score (nSPS) is 19.5. The largest absolute Gasteiger partial charge is 0.358 e. The lowest BCUT2D eigenvalue weighted by molar-refractivity contribution is 0.529. The average Bonchev–Trinajstić information content (AvgIpc) is 2.67. The molecule has 3 heteroatoms. The fourth-order valence-corrected chi connectivity index (χ4v) is 3.39. The van der Waals surface area contributed by atoms with Crippen LogP contribution in [-0.4, -0.2) is 18.6 Å². The number of aryl methyl sites for hydroxylation is 1. The van der Waals surface area contributed by atoms with Crippen LogP contribution >= 0.6 is 15.9 Å². The van der Waals surface area contributed by atoms with Crippen LogP contribution in [0, 0.1) is 0 Å². The number of aromatic nitrogens is 1. The zero-order valence-electron chi connectivity index (χ0n) is 10.0. The Bertz CT molecular complexity index is 544. The summed E-state index contributed by atoms with van der Waals surface area (Å²) in [7, 11) is 2.04. The second kappa shape index (κ2) is 4.46. The van der Waals surface area contributed by atoms with E-state index in [0.29, 0.717) is 5.92 Å². The highest BCUT2D eigenvalue weighted by molar-refractivity contribution is 9.10. The van der Waals surface area contributed by atoms with E-state index < -0.39 is 0 Å². The summed E-state index contributed by atoms with van der Waals surface area (Å²) < 4.78 is 1.15. The summed E-state index contributed by atoms with van der Waals surface area (Å²) in [5.41, 5.74) is 4.27. The van der Waals surface area contributed by atoms with Gasteiger partial charge in [-0.2, -0.15) is 0 Å². The number of aromatic amines is 1. The van der Waals surface area contributed by atoms with Crippen LogP contribution < -0.4 is 5.32 Å². The van der Waals surface area contributed by atoms with Crippen molar-refractivity contribution >= 4 is 26.8 Å². The molecule has 2 aromatic rings. The number of benzene rings is 1. The summed E-state index contributed by atoms with van der Waals surface area (Å²) in [4.78, 5) is 3.59. The van der Waals surface area contributed by atoms with Crippen molar-refractivity contribution in [2.24, 2.45) is 0 Å². The molecule has 0 spiro atoms. The first-order valence-corrected chi connectivity index (χ1v) is 7.03. The molecule has 0 saturated carbocycles. The molecule has 0 radical (unpaired) electrons. The van der Waals surface area contributed by atoms with Gasteiger partial charge in [-0.1, -0.05) is 22.0 Å². The zero-order valence-corrected chi connectivity index (χ0v) is 11.6. The van der Waals surface area contributed by atoms with E-state index in [1.807, 2.05) is 7.05 Å². The van der Waals surface area contributed by atoms with Crippen molar-refractivity contribution < 1.29 is 0 Å². The Balaban J connectivity index is 2.17. The fraction of sp³-hybridized carbons (Fsp3) is 0.429. The third-order valence-electron chi connectivity index (χ3n) is 3.72. The van der Waals surface area contributed by atoms with Crippen LogP contribution in [0.4, 0.5) is 0 Å². The molecule has 0 saturated heterocycles. The Morgan fingerprint density at radius 2 is 2.35 bits per heavy atom. The van der Waals surface area contributed by atoms with Gasteiger partial charge in [0.25, 0.3) is 0 Å². The van der Waals surface area contributed by atoms with Crippen molar-refractivity contribution in [1.29, 1.82) is 0 Å². The molecular weight excluding hydrogens is 276 g/mol. The van der Waals surface area contributed by atoms with Gasteiger partial charge in [-0.15, -0.1) is 0 Å². The van der Waals surface area contributed by atoms with Crippen molar-refractivity contribution in [1.82, 2.24) is 10.3 Å². The van der Waals surface area contributed by atoms with Gasteiger partial charge < -0.3 is 10.3 Å². The van der Waals surface area contributed by atoms with E-state index in [1.54, 1.807) is 5.56 Å². The molecule has 2 N–H and O–H groups in total. The van der Waals surface area contributed by atoms with Crippen LogP contribution in [0.15, 0.2) is 22.7 Å². The molecule has 2 nitrogen and oxygen atoms in total. The lowest BCUT2D eigenvalue weighted by Gasteiger charge is -2.22. The van der Waals surface area contributed by atoms with Gasteiger partial charge in [0.15, 0.2) is 0 Å². The number of fused-ring (bicyclic) bond motifs is 3. The number of H-pyrrole nitrogens is 1. The molecule has 1 aliphatic rings. The van der Waals surface area contributed by atoms with Crippen LogP contribution in [0.25, 0.3) is 10.9 Å². The van der Waals surface area contributed by atoms with Gasteiger partial charge in [0, 0.05) is 27.6 Å². The number of hydrogen-bond acceptors (Lipinski definition) is 1. The van der Waals surface area contributed by atoms with Gasteiger partial charge in [0.2, 0.25) is 0 Å². The highest BCUT2D eigenvalue weighted by Crippen LogP contribution is 2.37. The lowest BCUT2D eigenvalue weighted by atomic mass is 9.85. The van der Waals surface area contributed by atoms with E-state index in [-0.39, 0.29) is 0 Å². The van der Waals surface area contributed by atoms with E-state index >= 15 is 0 Å². The maximum absolute atomic E-state index is 3.59. The summed E-state index contributed by atoms with van der Waals surface area (Å²) in [6.45, 7) is 1.08. The van der Waals surface area contributed by atoms with E-state index in [0.717, 1.165) is 11.0 Å². The number of hydrogen-bond donors (Lipinski definition) is 2. The van der Waals surface area contributed by atoms with Crippen molar-refractivity contribution in [2.45, 2.75) is 25.2 Å². The van der Waals surface area contributed by atoms with Crippen LogP contribution in [-0.2, 0) is 6.42 Å². The number of nitrogens with one attached hydrogen (secondary N) is 2. The molecule has 0 fully saturated rings. The van der Waals surface area contributed by atoms with Crippen molar-refractivity contribution in [3.63, 3.8) is 0 Å². The predicted molar refractivity (Wildman–Crippen MR) is 75.6 cm³/mol. The highest BCUT2D eigenvalue weighted by Gasteiger charge is 2.23. The van der Waals surface area contributed by atoms with Gasteiger partial charge in [0.05, 0.1) is 0 Å². The Labute approximate surface area is 110 Å². The molecule has 3 rings (SSSR count). The van der Waals surface area contributed by atoms with Gasteiger partial charge >= 0.3 is 0 Å². The Morgan fingerprint density at radius 3 is 3.18 bits per heavy atom. The van der Waals surface area contributed by atoms with Gasteiger partial charge in [-0.3, -0.25) is 0 Å². The standard InChI is InChI=1S/C14H17BrN2/c1-16-8-9-3-2-4-12-14(9)11-6-5-10(15)7-13(11)17-12/h5-7,9,16-17H,2-4,8H2,1H3. The summed E-state index contributed by atoms with van der Waals surface area (Å²) in [5.74, 6) is 0.665. The van der Waals surface area contributed by atoms with Crippen molar-refractivity contribution in [2.75, 3.05) is 13.6 Å². The predicted octanol–water partition coefficient (Wildman–Crippen LogP) is 3.57. The van der Waals surface area contributed by atoms with Gasteiger partial charge in [-0.25, -0.2) is 0 Å². The van der Waals surface area contributed by atoms with Crippen LogP contribution in [0.1, 0.15) is 30.0 Å². The third kappa shape index (κ3) is 1.91.